The van der Waals surface area contributed by atoms with Crippen LogP contribution in [0, 0.1) is 0 Å². The lowest BCUT2D eigenvalue weighted by atomic mass is 10.2. The summed E-state index contributed by atoms with van der Waals surface area (Å²) in [5.41, 5.74) is 2.27. The van der Waals surface area contributed by atoms with Crippen LogP contribution in [0.5, 0.6) is 0 Å². The van der Waals surface area contributed by atoms with Crippen molar-refractivity contribution in [3.63, 3.8) is 0 Å². The number of nitrogens with zero attached hydrogens (tertiary/aromatic N) is 3. The molecule has 1 unspecified atom stereocenters. The summed E-state index contributed by atoms with van der Waals surface area (Å²) in [5.74, 6) is -0.599. The Balaban J connectivity index is 1.94. The molecule has 9 heteroatoms. The fourth-order valence-corrected chi connectivity index (χ4v) is 6.55. The number of ketones is 1. The molecule has 2 aliphatic heterocycles. The first-order valence-electron chi connectivity index (χ1n) is 9.06. The minimum atomic E-state index is -0.985. The Bertz CT molecular complexity index is 1090. The molecular weight excluding hydrogens is 442 g/mol. The van der Waals surface area contributed by atoms with Crippen molar-refractivity contribution in [3.8, 4) is 0 Å². The summed E-state index contributed by atoms with van der Waals surface area (Å²) >= 11 is 9.09. The molecule has 1 atom stereocenters. The van der Waals surface area contributed by atoms with Crippen molar-refractivity contribution < 1.29 is 14.3 Å². The third kappa shape index (κ3) is 3.29. The van der Waals surface area contributed by atoms with E-state index in [2.05, 4.69) is 5.10 Å². The third-order valence-electron chi connectivity index (χ3n) is 4.64. The molecule has 2 aromatic carbocycles. The summed E-state index contributed by atoms with van der Waals surface area (Å²) in [7, 11) is 1.32. The van der Waals surface area contributed by atoms with Gasteiger partial charge in [-0.2, -0.15) is 5.10 Å². The lowest BCUT2D eigenvalue weighted by Crippen LogP contribution is -2.49. The van der Waals surface area contributed by atoms with Gasteiger partial charge in [-0.25, -0.2) is 9.80 Å². The maximum Gasteiger partial charge on any atom is 0.365 e. The van der Waals surface area contributed by atoms with Gasteiger partial charge in [-0.3, -0.25) is 4.79 Å². The van der Waals surface area contributed by atoms with Gasteiger partial charge in [0.05, 0.1) is 22.7 Å². The van der Waals surface area contributed by atoms with Gasteiger partial charge in [0, 0.05) is 11.4 Å². The van der Waals surface area contributed by atoms with Crippen LogP contribution in [-0.4, -0.2) is 28.2 Å². The van der Waals surface area contributed by atoms with Crippen LogP contribution >= 0.6 is 35.1 Å². The highest BCUT2D eigenvalue weighted by Gasteiger charge is 2.58. The minimum Gasteiger partial charge on any atom is -0.464 e. The van der Waals surface area contributed by atoms with E-state index in [1.807, 2.05) is 60.4 Å². The molecule has 2 heterocycles. The smallest absolute Gasteiger partial charge is 0.365 e. The van der Waals surface area contributed by atoms with E-state index in [0.717, 1.165) is 11.4 Å². The van der Waals surface area contributed by atoms with Crippen LogP contribution in [0.4, 0.5) is 11.4 Å². The Morgan fingerprint density at radius 2 is 1.73 bits per heavy atom. The van der Waals surface area contributed by atoms with Gasteiger partial charge in [-0.1, -0.05) is 53.7 Å². The number of allylic oxidation sites excluding steroid dienone is 2. The second kappa shape index (κ2) is 8.02. The Morgan fingerprint density at radius 3 is 2.37 bits per heavy atom. The molecule has 4 rings (SSSR count). The molecule has 0 amide bonds. The summed E-state index contributed by atoms with van der Waals surface area (Å²) in [6.07, 6.45) is 0. The Kier molecular flexibility index (Phi) is 5.57. The minimum absolute atomic E-state index is 0.0541. The molecule has 2 aromatic rings. The second-order valence-corrected chi connectivity index (χ2v) is 9.56. The number of thioether (sulfide) groups is 2. The average Bonchev–Trinajstić information content (AvgIpc) is 3.26. The van der Waals surface area contributed by atoms with E-state index in [1.165, 1.54) is 37.6 Å². The number of benzene rings is 2. The molecular formula is C21H18ClN3O3S2. The first-order valence-corrected chi connectivity index (χ1v) is 11.1. The number of anilines is 2. The predicted molar refractivity (Wildman–Crippen MR) is 124 cm³/mol. The average molecular weight is 460 g/mol. The second-order valence-electron chi connectivity index (χ2n) is 6.55. The van der Waals surface area contributed by atoms with Crippen LogP contribution in [0.25, 0.3) is 0 Å². The van der Waals surface area contributed by atoms with Crippen molar-refractivity contribution in [1.29, 1.82) is 0 Å². The number of methoxy groups -OCH3 is 1. The summed E-state index contributed by atoms with van der Waals surface area (Å²) in [4.78, 5) is 27.5. The molecule has 0 aromatic heterocycles. The largest absolute Gasteiger partial charge is 0.464 e. The molecule has 6 nitrogen and oxygen atoms in total. The molecule has 30 heavy (non-hydrogen) atoms. The van der Waals surface area contributed by atoms with Crippen molar-refractivity contribution in [2.75, 3.05) is 17.0 Å². The lowest BCUT2D eigenvalue weighted by Gasteiger charge is -2.41. The summed E-state index contributed by atoms with van der Waals surface area (Å²) in [6, 6.07) is 17.0. The van der Waals surface area contributed by atoms with Gasteiger partial charge >= 0.3 is 5.97 Å². The van der Waals surface area contributed by atoms with E-state index >= 15 is 0 Å². The van der Waals surface area contributed by atoms with Gasteiger partial charge in [0.2, 0.25) is 9.37 Å². The van der Waals surface area contributed by atoms with Gasteiger partial charge in [-0.05, 0) is 49.9 Å². The van der Waals surface area contributed by atoms with Crippen molar-refractivity contribution in [1.82, 2.24) is 0 Å². The monoisotopic (exact) mass is 459 g/mol. The molecule has 0 radical (unpaired) electrons. The number of Topliss-reactive ketones (excluding diaryl/α,β-unsaturated/α-hetero) is 1. The zero-order valence-corrected chi connectivity index (χ0v) is 18.8. The molecule has 2 aliphatic rings. The van der Waals surface area contributed by atoms with E-state index in [0.29, 0.717) is 15.6 Å². The molecule has 0 aliphatic carbocycles. The molecule has 0 saturated heterocycles. The van der Waals surface area contributed by atoms with Gasteiger partial charge in [0.15, 0.2) is 5.78 Å². The van der Waals surface area contributed by atoms with Crippen molar-refractivity contribution >= 4 is 63.3 Å². The van der Waals surface area contributed by atoms with Crippen molar-refractivity contribution in [2.24, 2.45) is 5.10 Å². The van der Waals surface area contributed by atoms with Crippen LogP contribution in [0.1, 0.15) is 13.8 Å². The number of esters is 1. The number of hydrogen-bond acceptors (Lipinski definition) is 8. The Hall–Kier alpha value is -2.42. The maximum absolute atomic E-state index is 12.5. The standard InChI is InChI=1S/C21H18ClN3O3S2/c1-13-18(14(2)26)29-21(24(13)15-9-5-4-6-10-15)25(17-12-8-7-11-16(17)22)23-19(30-21)20(27)28-3/h4-12H,1-3H3. The van der Waals surface area contributed by atoms with Gasteiger partial charge in [0.25, 0.3) is 0 Å². The molecule has 1 spiro atoms. The van der Waals surface area contributed by atoms with Gasteiger partial charge in [-0.15, -0.1) is 0 Å². The first-order chi connectivity index (χ1) is 14.4. The third-order valence-corrected chi connectivity index (χ3v) is 7.94. The predicted octanol–water partition coefficient (Wildman–Crippen LogP) is 5.06. The van der Waals surface area contributed by atoms with Gasteiger partial charge < -0.3 is 9.64 Å². The number of para-hydroxylation sites is 2. The van der Waals surface area contributed by atoms with E-state index in [4.69, 9.17) is 16.3 Å². The highest BCUT2D eigenvalue weighted by molar-refractivity contribution is 8.29. The highest BCUT2D eigenvalue weighted by atomic mass is 35.5. The highest BCUT2D eigenvalue weighted by Crippen LogP contribution is 2.60. The summed E-state index contributed by atoms with van der Waals surface area (Å²) in [5, 5.41) is 6.95. The number of ether oxygens (including phenoxy) is 1. The van der Waals surface area contributed by atoms with Gasteiger partial charge in [0.1, 0.15) is 0 Å². The number of hydrogen-bond donors (Lipinski definition) is 0. The van der Waals surface area contributed by atoms with Crippen LogP contribution in [0.15, 0.2) is 70.3 Å². The maximum atomic E-state index is 12.5. The summed E-state index contributed by atoms with van der Waals surface area (Å²) in [6.45, 7) is 3.43. The van der Waals surface area contributed by atoms with E-state index in [1.54, 1.807) is 11.1 Å². The van der Waals surface area contributed by atoms with E-state index in [9.17, 15) is 9.59 Å². The van der Waals surface area contributed by atoms with Crippen LogP contribution in [-0.2, 0) is 14.3 Å². The Morgan fingerprint density at radius 1 is 1.07 bits per heavy atom. The molecule has 0 saturated carbocycles. The quantitative estimate of drug-likeness (QED) is 0.592. The van der Waals surface area contributed by atoms with Crippen LogP contribution in [0.2, 0.25) is 5.02 Å². The number of rotatable bonds is 4. The number of carbonyl (C=O) groups is 2. The van der Waals surface area contributed by atoms with E-state index in [-0.39, 0.29) is 10.8 Å². The molecule has 0 fully saturated rings. The topological polar surface area (TPSA) is 62.2 Å². The fourth-order valence-electron chi connectivity index (χ4n) is 3.37. The Labute approximate surface area is 187 Å². The molecule has 0 bridgehead atoms. The molecule has 154 valence electrons. The van der Waals surface area contributed by atoms with Crippen LogP contribution < -0.4 is 9.91 Å². The number of halogens is 1. The van der Waals surface area contributed by atoms with Crippen LogP contribution in [0.3, 0.4) is 0 Å². The SMILES string of the molecule is COC(=O)C1=NN(c2ccccc2Cl)C2(S1)SC(C(C)=O)=C(C)N2c1ccccc1. The number of carbonyl (C=O) groups excluding carboxylic acids is 2. The van der Waals surface area contributed by atoms with Crippen molar-refractivity contribution in [2.45, 2.75) is 18.2 Å². The fraction of sp³-hybridized carbons (Fsp3) is 0.190. The normalized spacial score (nSPS) is 20.7. The molecule has 0 N–H and O–H groups in total. The zero-order chi connectivity index (χ0) is 21.5. The van der Waals surface area contributed by atoms with Crippen molar-refractivity contribution in [3.05, 3.63) is 70.2 Å². The summed E-state index contributed by atoms with van der Waals surface area (Å²) < 4.78 is 3.95. The van der Waals surface area contributed by atoms with E-state index < -0.39 is 10.3 Å². The zero-order valence-electron chi connectivity index (χ0n) is 16.5. The number of hydrazone groups is 1. The first kappa shape index (κ1) is 20.8. The lowest BCUT2D eigenvalue weighted by molar-refractivity contribution is -0.132.